The van der Waals surface area contributed by atoms with Gasteiger partial charge in [-0.15, -0.1) is 6.58 Å². The maximum absolute atomic E-state index is 11.6. The van der Waals surface area contributed by atoms with Gasteiger partial charge in [0, 0.05) is 23.2 Å². The van der Waals surface area contributed by atoms with Crippen LogP contribution in [-0.4, -0.2) is 39.3 Å². The van der Waals surface area contributed by atoms with Crippen molar-refractivity contribution in [3.8, 4) is 0 Å². The number of piperidine rings is 1. The van der Waals surface area contributed by atoms with Gasteiger partial charge < -0.3 is 5.11 Å². The Morgan fingerprint density at radius 3 is 2.64 bits per heavy atom. The van der Waals surface area contributed by atoms with Crippen LogP contribution in [0.25, 0.3) is 0 Å². The summed E-state index contributed by atoms with van der Waals surface area (Å²) in [7, 11) is 0. The lowest BCUT2D eigenvalue weighted by Gasteiger charge is -2.38. The summed E-state index contributed by atoms with van der Waals surface area (Å²) in [5.74, 6) is -0.689. The fraction of sp³-hybridized carbons (Fsp3) is 0.647. The first-order valence-corrected chi connectivity index (χ1v) is 7.88. The van der Waals surface area contributed by atoms with Crippen LogP contribution in [0, 0.1) is 5.41 Å². The van der Waals surface area contributed by atoms with Gasteiger partial charge in [0.1, 0.15) is 0 Å². The standard InChI is InChI=1S/C17H27N3O2/c1-5-6-17(15(21)22)7-9-20(10-8-17)12-13-11-18-19-14(13)16(2,3)4/h5,11H,1,6-10,12H2,2-4H3,(H,18,19)(H,21,22). The number of carboxylic acid groups (broad SMARTS) is 1. The Hall–Kier alpha value is -1.62. The third-order valence-electron chi connectivity index (χ3n) is 4.66. The molecule has 0 aromatic carbocycles. The minimum Gasteiger partial charge on any atom is -0.481 e. The van der Waals surface area contributed by atoms with E-state index in [0.29, 0.717) is 19.3 Å². The molecule has 1 fully saturated rings. The summed E-state index contributed by atoms with van der Waals surface area (Å²) >= 11 is 0. The van der Waals surface area contributed by atoms with E-state index in [-0.39, 0.29) is 5.41 Å². The molecule has 1 aromatic heterocycles. The molecule has 0 amide bonds. The number of aromatic nitrogens is 2. The van der Waals surface area contributed by atoms with Gasteiger partial charge in [0.15, 0.2) is 0 Å². The van der Waals surface area contributed by atoms with E-state index < -0.39 is 11.4 Å². The number of H-pyrrole nitrogens is 1. The van der Waals surface area contributed by atoms with E-state index in [4.69, 9.17) is 0 Å². The molecule has 5 nitrogen and oxygen atoms in total. The molecule has 0 spiro atoms. The molecular weight excluding hydrogens is 278 g/mol. The zero-order chi connectivity index (χ0) is 16.4. The molecule has 0 saturated carbocycles. The molecule has 1 aliphatic heterocycles. The molecule has 0 unspecified atom stereocenters. The first-order valence-electron chi connectivity index (χ1n) is 7.88. The molecule has 1 saturated heterocycles. The maximum atomic E-state index is 11.6. The van der Waals surface area contributed by atoms with E-state index in [1.54, 1.807) is 6.08 Å². The molecule has 0 aliphatic carbocycles. The minimum absolute atomic E-state index is 0.0370. The smallest absolute Gasteiger partial charge is 0.310 e. The Kier molecular flexibility index (Phi) is 4.75. The number of likely N-dealkylation sites (tertiary alicyclic amines) is 1. The molecule has 1 aliphatic rings. The summed E-state index contributed by atoms with van der Waals surface area (Å²) in [5.41, 5.74) is 1.78. The first kappa shape index (κ1) is 16.7. The zero-order valence-corrected chi connectivity index (χ0v) is 13.9. The van der Waals surface area contributed by atoms with Crippen LogP contribution in [0.4, 0.5) is 0 Å². The lowest BCUT2D eigenvalue weighted by atomic mass is 9.75. The fourth-order valence-electron chi connectivity index (χ4n) is 3.24. The average molecular weight is 305 g/mol. The molecule has 0 bridgehead atoms. The number of rotatable bonds is 5. The van der Waals surface area contributed by atoms with E-state index in [0.717, 1.165) is 25.3 Å². The molecule has 0 radical (unpaired) electrons. The Labute approximate surface area is 132 Å². The van der Waals surface area contributed by atoms with E-state index in [2.05, 4.69) is 42.4 Å². The maximum Gasteiger partial charge on any atom is 0.310 e. The highest BCUT2D eigenvalue weighted by molar-refractivity contribution is 5.75. The normalized spacial score (nSPS) is 19.0. The van der Waals surface area contributed by atoms with Gasteiger partial charge in [-0.05, 0) is 32.4 Å². The van der Waals surface area contributed by atoms with Gasteiger partial charge >= 0.3 is 5.97 Å². The minimum atomic E-state index is -0.689. The van der Waals surface area contributed by atoms with Crippen LogP contribution < -0.4 is 0 Å². The van der Waals surface area contributed by atoms with Crippen LogP contribution in [0.15, 0.2) is 18.9 Å². The molecule has 5 heteroatoms. The zero-order valence-electron chi connectivity index (χ0n) is 13.9. The predicted molar refractivity (Wildman–Crippen MR) is 86.7 cm³/mol. The fourth-order valence-corrected chi connectivity index (χ4v) is 3.24. The number of allylic oxidation sites excluding steroid dienone is 1. The Balaban J connectivity index is 2.03. The van der Waals surface area contributed by atoms with Gasteiger partial charge in [0.25, 0.3) is 0 Å². The number of nitrogens with one attached hydrogen (secondary N) is 1. The van der Waals surface area contributed by atoms with Crippen molar-refractivity contribution in [2.45, 2.75) is 52.0 Å². The van der Waals surface area contributed by atoms with Crippen LogP contribution in [0.3, 0.4) is 0 Å². The third kappa shape index (κ3) is 3.40. The highest BCUT2D eigenvalue weighted by atomic mass is 16.4. The van der Waals surface area contributed by atoms with Crippen LogP contribution in [-0.2, 0) is 16.8 Å². The first-order chi connectivity index (χ1) is 10.3. The van der Waals surface area contributed by atoms with Crippen LogP contribution >= 0.6 is 0 Å². The Morgan fingerprint density at radius 2 is 2.14 bits per heavy atom. The number of aromatic amines is 1. The van der Waals surface area contributed by atoms with Gasteiger partial charge in [-0.25, -0.2) is 0 Å². The second kappa shape index (κ2) is 6.24. The second-order valence-electron chi connectivity index (χ2n) is 7.37. The largest absolute Gasteiger partial charge is 0.481 e. The molecule has 22 heavy (non-hydrogen) atoms. The van der Waals surface area contributed by atoms with Gasteiger partial charge in [0.05, 0.1) is 11.6 Å². The summed E-state index contributed by atoms with van der Waals surface area (Å²) in [4.78, 5) is 13.9. The average Bonchev–Trinajstić information content (AvgIpc) is 2.89. The highest BCUT2D eigenvalue weighted by Gasteiger charge is 2.40. The van der Waals surface area contributed by atoms with Crippen molar-refractivity contribution in [3.63, 3.8) is 0 Å². The quantitative estimate of drug-likeness (QED) is 0.821. The van der Waals surface area contributed by atoms with Crippen LogP contribution in [0.1, 0.15) is 51.3 Å². The Morgan fingerprint density at radius 1 is 1.50 bits per heavy atom. The topological polar surface area (TPSA) is 69.2 Å². The van der Waals surface area contributed by atoms with E-state index >= 15 is 0 Å². The number of hydrogen-bond donors (Lipinski definition) is 2. The molecule has 2 N–H and O–H groups in total. The molecule has 2 rings (SSSR count). The number of hydrogen-bond acceptors (Lipinski definition) is 3. The summed E-state index contributed by atoms with van der Waals surface area (Å²) in [5, 5.41) is 16.8. The van der Waals surface area contributed by atoms with Crippen molar-refractivity contribution in [2.24, 2.45) is 5.41 Å². The summed E-state index contributed by atoms with van der Waals surface area (Å²) < 4.78 is 0. The highest BCUT2D eigenvalue weighted by Crippen LogP contribution is 2.36. The molecule has 0 atom stereocenters. The van der Waals surface area contributed by atoms with Gasteiger partial charge in [-0.1, -0.05) is 26.8 Å². The second-order valence-corrected chi connectivity index (χ2v) is 7.37. The van der Waals surface area contributed by atoms with E-state index in [9.17, 15) is 9.90 Å². The molecule has 1 aromatic rings. The number of nitrogens with zero attached hydrogens (tertiary/aromatic N) is 2. The van der Waals surface area contributed by atoms with Crippen molar-refractivity contribution in [2.75, 3.05) is 13.1 Å². The van der Waals surface area contributed by atoms with E-state index in [1.807, 2.05) is 6.20 Å². The van der Waals surface area contributed by atoms with Crippen molar-refractivity contribution < 1.29 is 9.90 Å². The third-order valence-corrected chi connectivity index (χ3v) is 4.66. The van der Waals surface area contributed by atoms with Crippen LogP contribution in [0.5, 0.6) is 0 Å². The monoisotopic (exact) mass is 305 g/mol. The number of carboxylic acids is 1. The van der Waals surface area contributed by atoms with Gasteiger partial charge in [0.2, 0.25) is 0 Å². The van der Waals surface area contributed by atoms with Gasteiger partial charge in [-0.3, -0.25) is 14.8 Å². The number of aliphatic carboxylic acids is 1. The van der Waals surface area contributed by atoms with Crippen molar-refractivity contribution in [1.82, 2.24) is 15.1 Å². The van der Waals surface area contributed by atoms with Crippen molar-refractivity contribution >= 4 is 5.97 Å². The number of carbonyl (C=O) groups is 1. The predicted octanol–water partition coefficient (Wildman–Crippen LogP) is 2.95. The van der Waals surface area contributed by atoms with Gasteiger partial charge in [-0.2, -0.15) is 5.10 Å². The SMILES string of the molecule is C=CCC1(C(=O)O)CCN(Cc2cn[nH]c2C(C)(C)C)CC1. The molecule has 122 valence electrons. The van der Waals surface area contributed by atoms with Crippen molar-refractivity contribution in [1.29, 1.82) is 0 Å². The summed E-state index contributed by atoms with van der Waals surface area (Å²) in [6.07, 6.45) is 5.53. The summed E-state index contributed by atoms with van der Waals surface area (Å²) in [6, 6.07) is 0. The lowest BCUT2D eigenvalue weighted by Crippen LogP contribution is -2.44. The van der Waals surface area contributed by atoms with E-state index in [1.165, 1.54) is 5.56 Å². The molecular formula is C17H27N3O2. The Bertz CT molecular complexity index is 534. The van der Waals surface area contributed by atoms with Crippen molar-refractivity contribution in [3.05, 3.63) is 30.1 Å². The molecule has 2 heterocycles. The van der Waals surface area contributed by atoms with Crippen LogP contribution in [0.2, 0.25) is 0 Å². The summed E-state index contributed by atoms with van der Waals surface area (Å²) in [6.45, 7) is 12.6. The lowest BCUT2D eigenvalue weighted by molar-refractivity contribution is -0.152.